The number of rotatable bonds is 6. The number of aldehydes is 1. The van der Waals surface area contributed by atoms with Crippen molar-refractivity contribution in [3.8, 4) is 0 Å². The second kappa shape index (κ2) is 5.14. The monoisotopic (exact) mass is 250 g/mol. The molecule has 0 heterocycles. The molecule has 0 saturated heterocycles. The van der Waals surface area contributed by atoms with Crippen LogP contribution in [0.1, 0.15) is 23.2 Å². The highest BCUT2D eigenvalue weighted by molar-refractivity contribution is 5.83. The number of nitrogens with zero attached hydrogens (tertiary/aromatic N) is 2. The van der Waals surface area contributed by atoms with Crippen LogP contribution in [-0.4, -0.2) is 35.5 Å². The number of anilines is 1. The van der Waals surface area contributed by atoms with Crippen LogP contribution in [0, 0.1) is 10.1 Å². The molecular weight excluding hydrogens is 236 g/mol. The predicted molar refractivity (Wildman–Crippen MR) is 65.9 cm³/mol. The highest BCUT2D eigenvalue weighted by atomic mass is 16.6. The Morgan fingerprint density at radius 3 is 2.72 bits per heavy atom. The van der Waals surface area contributed by atoms with Gasteiger partial charge in [-0.25, -0.2) is 0 Å². The zero-order valence-electron chi connectivity index (χ0n) is 9.78. The number of aliphatic hydroxyl groups is 1. The lowest BCUT2D eigenvalue weighted by atomic mass is 10.1. The molecule has 0 aliphatic heterocycles. The van der Waals surface area contributed by atoms with E-state index in [2.05, 4.69) is 0 Å². The SMILES string of the molecule is O=Cc1cc(N(CCO)C2CC2)ccc1[N+](=O)[O-]. The van der Waals surface area contributed by atoms with Crippen LogP contribution >= 0.6 is 0 Å². The molecule has 1 saturated carbocycles. The van der Waals surface area contributed by atoms with Crippen molar-refractivity contribution in [1.29, 1.82) is 0 Å². The largest absolute Gasteiger partial charge is 0.395 e. The summed E-state index contributed by atoms with van der Waals surface area (Å²) in [6.45, 7) is 0.491. The van der Waals surface area contributed by atoms with Gasteiger partial charge in [0.2, 0.25) is 0 Å². The van der Waals surface area contributed by atoms with Crippen LogP contribution in [0.25, 0.3) is 0 Å². The Kier molecular flexibility index (Phi) is 3.57. The van der Waals surface area contributed by atoms with E-state index in [0.717, 1.165) is 18.5 Å². The van der Waals surface area contributed by atoms with Crippen molar-refractivity contribution in [2.75, 3.05) is 18.1 Å². The molecule has 1 aromatic carbocycles. The predicted octanol–water partition coefficient (Wildman–Crippen LogP) is 1.37. The van der Waals surface area contributed by atoms with E-state index in [-0.39, 0.29) is 17.9 Å². The average Bonchev–Trinajstić information content (AvgIpc) is 3.19. The summed E-state index contributed by atoms with van der Waals surface area (Å²) >= 11 is 0. The van der Waals surface area contributed by atoms with Gasteiger partial charge in [0.1, 0.15) is 0 Å². The summed E-state index contributed by atoms with van der Waals surface area (Å²) in [4.78, 5) is 23.0. The van der Waals surface area contributed by atoms with Gasteiger partial charge in [-0.05, 0) is 25.0 Å². The normalized spacial score (nSPS) is 14.3. The average molecular weight is 250 g/mol. The van der Waals surface area contributed by atoms with Crippen molar-refractivity contribution >= 4 is 17.7 Å². The molecule has 96 valence electrons. The summed E-state index contributed by atoms with van der Waals surface area (Å²) in [5, 5.41) is 19.8. The Hall–Kier alpha value is -1.95. The molecule has 0 radical (unpaired) electrons. The third-order valence-electron chi connectivity index (χ3n) is 2.99. The van der Waals surface area contributed by atoms with E-state index < -0.39 is 4.92 Å². The Morgan fingerprint density at radius 1 is 1.50 bits per heavy atom. The van der Waals surface area contributed by atoms with E-state index >= 15 is 0 Å². The minimum atomic E-state index is -0.568. The first-order valence-corrected chi connectivity index (χ1v) is 5.78. The number of aliphatic hydroxyl groups excluding tert-OH is 1. The first-order chi connectivity index (χ1) is 8.67. The van der Waals surface area contributed by atoms with Gasteiger partial charge in [0, 0.05) is 24.3 Å². The number of benzene rings is 1. The molecular formula is C12H14N2O4. The topological polar surface area (TPSA) is 83.7 Å². The van der Waals surface area contributed by atoms with Crippen molar-refractivity contribution < 1.29 is 14.8 Å². The van der Waals surface area contributed by atoms with Crippen LogP contribution in [0.4, 0.5) is 11.4 Å². The van der Waals surface area contributed by atoms with E-state index in [4.69, 9.17) is 5.11 Å². The van der Waals surface area contributed by atoms with Crippen LogP contribution in [0.3, 0.4) is 0 Å². The summed E-state index contributed by atoms with van der Waals surface area (Å²) < 4.78 is 0. The van der Waals surface area contributed by atoms with Crippen molar-refractivity contribution in [2.24, 2.45) is 0 Å². The first kappa shape index (κ1) is 12.5. The maximum Gasteiger partial charge on any atom is 0.280 e. The lowest BCUT2D eigenvalue weighted by molar-refractivity contribution is -0.385. The maximum absolute atomic E-state index is 10.9. The quantitative estimate of drug-likeness (QED) is 0.468. The molecule has 6 heteroatoms. The van der Waals surface area contributed by atoms with Gasteiger partial charge in [0.05, 0.1) is 17.1 Å². The van der Waals surface area contributed by atoms with Gasteiger partial charge in [0.15, 0.2) is 6.29 Å². The fraction of sp³-hybridized carbons (Fsp3) is 0.417. The minimum Gasteiger partial charge on any atom is -0.395 e. The number of hydrogen-bond donors (Lipinski definition) is 1. The lowest BCUT2D eigenvalue weighted by Gasteiger charge is -2.23. The third-order valence-corrected chi connectivity index (χ3v) is 2.99. The molecule has 1 fully saturated rings. The van der Waals surface area contributed by atoms with Gasteiger partial charge in [-0.2, -0.15) is 0 Å². The van der Waals surface area contributed by atoms with Crippen LogP contribution in [0.15, 0.2) is 18.2 Å². The summed E-state index contributed by atoms with van der Waals surface area (Å²) in [5.74, 6) is 0. The van der Waals surface area contributed by atoms with Gasteiger partial charge < -0.3 is 10.0 Å². The summed E-state index contributed by atoms with van der Waals surface area (Å²) in [6.07, 6.45) is 2.59. The fourth-order valence-corrected chi connectivity index (χ4v) is 2.00. The zero-order chi connectivity index (χ0) is 13.1. The number of carbonyl (C=O) groups excluding carboxylic acids is 1. The Morgan fingerprint density at radius 2 is 2.22 bits per heavy atom. The Bertz CT molecular complexity index is 471. The second-order valence-electron chi connectivity index (χ2n) is 4.27. The third kappa shape index (κ3) is 2.48. The lowest BCUT2D eigenvalue weighted by Crippen LogP contribution is -2.28. The Labute approximate surface area is 104 Å². The highest BCUT2D eigenvalue weighted by Gasteiger charge is 2.29. The second-order valence-corrected chi connectivity index (χ2v) is 4.27. The van der Waals surface area contributed by atoms with Crippen LogP contribution in [0.2, 0.25) is 0 Å². The van der Waals surface area contributed by atoms with Crippen LogP contribution in [0.5, 0.6) is 0 Å². The van der Waals surface area contributed by atoms with Gasteiger partial charge in [-0.1, -0.05) is 0 Å². The van der Waals surface area contributed by atoms with E-state index in [1.165, 1.54) is 12.1 Å². The molecule has 0 aromatic heterocycles. The smallest absolute Gasteiger partial charge is 0.280 e. The van der Waals surface area contributed by atoms with Crippen LogP contribution < -0.4 is 4.90 Å². The van der Waals surface area contributed by atoms with Gasteiger partial charge in [0.25, 0.3) is 5.69 Å². The number of hydrogen-bond acceptors (Lipinski definition) is 5. The molecule has 1 aromatic rings. The van der Waals surface area contributed by atoms with E-state index in [1.807, 2.05) is 4.90 Å². The molecule has 1 aliphatic carbocycles. The molecule has 0 spiro atoms. The maximum atomic E-state index is 10.9. The molecule has 18 heavy (non-hydrogen) atoms. The van der Waals surface area contributed by atoms with Gasteiger partial charge in [-0.15, -0.1) is 0 Å². The summed E-state index contributed by atoms with van der Waals surface area (Å²) in [5.41, 5.74) is 0.633. The number of nitro benzene ring substituents is 1. The number of nitro groups is 1. The van der Waals surface area contributed by atoms with Gasteiger partial charge >= 0.3 is 0 Å². The summed E-state index contributed by atoms with van der Waals surface area (Å²) in [6, 6.07) is 4.85. The minimum absolute atomic E-state index is 0.0178. The zero-order valence-corrected chi connectivity index (χ0v) is 9.78. The van der Waals surface area contributed by atoms with E-state index in [9.17, 15) is 14.9 Å². The molecule has 0 bridgehead atoms. The Balaban J connectivity index is 2.32. The van der Waals surface area contributed by atoms with Gasteiger partial charge in [-0.3, -0.25) is 14.9 Å². The molecule has 1 N–H and O–H groups in total. The van der Waals surface area contributed by atoms with Crippen molar-refractivity contribution in [1.82, 2.24) is 0 Å². The van der Waals surface area contributed by atoms with Crippen molar-refractivity contribution in [3.05, 3.63) is 33.9 Å². The van der Waals surface area contributed by atoms with Crippen LogP contribution in [-0.2, 0) is 0 Å². The first-order valence-electron chi connectivity index (χ1n) is 5.78. The molecule has 6 nitrogen and oxygen atoms in total. The van der Waals surface area contributed by atoms with E-state index in [1.54, 1.807) is 6.07 Å². The molecule has 0 atom stereocenters. The molecule has 0 unspecified atom stereocenters. The summed E-state index contributed by atoms with van der Waals surface area (Å²) in [7, 11) is 0. The molecule has 2 rings (SSSR count). The van der Waals surface area contributed by atoms with Crippen molar-refractivity contribution in [3.63, 3.8) is 0 Å². The molecule has 0 amide bonds. The van der Waals surface area contributed by atoms with E-state index in [0.29, 0.717) is 18.9 Å². The van der Waals surface area contributed by atoms with Crippen molar-refractivity contribution in [2.45, 2.75) is 18.9 Å². The number of carbonyl (C=O) groups is 1. The highest BCUT2D eigenvalue weighted by Crippen LogP contribution is 2.33. The molecule has 1 aliphatic rings. The fourth-order valence-electron chi connectivity index (χ4n) is 2.00. The standard InChI is InChI=1S/C12H14N2O4/c15-6-5-13(10-1-2-10)11-3-4-12(14(17)18)9(7-11)8-16/h3-4,7-8,10,15H,1-2,5-6H2.